The summed E-state index contributed by atoms with van der Waals surface area (Å²) in [6.45, 7) is 3.02. The number of nitrogens with zero attached hydrogens (tertiary/aromatic N) is 2. The zero-order valence-electron chi connectivity index (χ0n) is 12.0. The number of aromatic nitrogens is 2. The third-order valence-electron chi connectivity index (χ3n) is 3.18. The van der Waals surface area contributed by atoms with Crippen LogP contribution in [0.2, 0.25) is 0 Å². The molecule has 1 aromatic heterocycles. The highest BCUT2D eigenvalue weighted by molar-refractivity contribution is 5.82. The predicted molar refractivity (Wildman–Crippen MR) is 77.9 cm³/mol. The first-order valence-electron chi connectivity index (χ1n) is 6.87. The van der Waals surface area contributed by atoms with Crippen molar-refractivity contribution in [1.29, 1.82) is 0 Å². The Bertz CT molecular complexity index is 558. The van der Waals surface area contributed by atoms with Gasteiger partial charge in [0.15, 0.2) is 0 Å². The van der Waals surface area contributed by atoms with E-state index in [1.54, 1.807) is 13.3 Å². The number of benzene rings is 1. The average Bonchev–Trinajstić information content (AvgIpc) is 2.87. The minimum absolute atomic E-state index is 0.179. The molecule has 0 aliphatic heterocycles. The highest BCUT2D eigenvalue weighted by Crippen LogP contribution is 2.12. The Kier molecular flexibility index (Phi) is 4.93. The van der Waals surface area contributed by atoms with Gasteiger partial charge in [-0.05, 0) is 24.1 Å². The van der Waals surface area contributed by atoms with Gasteiger partial charge < -0.3 is 9.30 Å². The quantitative estimate of drug-likeness (QED) is 0.778. The summed E-state index contributed by atoms with van der Waals surface area (Å²) in [7, 11) is 1.63. The lowest BCUT2D eigenvalue weighted by atomic mass is 10.1. The lowest BCUT2D eigenvalue weighted by Crippen LogP contribution is -2.12. The minimum Gasteiger partial charge on any atom is -0.497 e. The number of hydrogen-bond acceptors (Lipinski definition) is 3. The van der Waals surface area contributed by atoms with Crippen LogP contribution in [-0.2, 0) is 24.2 Å². The molecule has 0 unspecified atom stereocenters. The van der Waals surface area contributed by atoms with Crippen LogP contribution in [0.5, 0.6) is 5.75 Å². The Morgan fingerprint density at radius 2 is 2.00 bits per heavy atom. The van der Waals surface area contributed by atoms with E-state index >= 15 is 0 Å². The van der Waals surface area contributed by atoms with E-state index in [-0.39, 0.29) is 5.78 Å². The Hall–Kier alpha value is -2.10. The second-order valence-electron chi connectivity index (χ2n) is 4.78. The second-order valence-corrected chi connectivity index (χ2v) is 4.78. The molecule has 2 rings (SSSR count). The van der Waals surface area contributed by atoms with Gasteiger partial charge in [0.05, 0.1) is 13.5 Å². The van der Waals surface area contributed by atoms with Crippen molar-refractivity contribution in [3.05, 3.63) is 48.0 Å². The van der Waals surface area contributed by atoms with Crippen molar-refractivity contribution in [2.45, 2.75) is 32.7 Å². The molecule has 0 N–H and O–H groups in total. The van der Waals surface area contributed by atoms with Gasteiger partial charge in [-0.15, -0.1) is 0 Å². The lowest BCUT2D eigenvalue weighted by molar-refractivity contribution is -0.117. The summed E-state index contributed by atoms with van der Waals surface area (Å²) >= 11 is 0. The predicted octanol–water partition coefficient (Wildman–Crippen LogP) is 2.66. The zero-order chi connectivity index (χ0) is 14.4. The summed E-state index contributed by atoms with van der Waals surface area (Å²) in [5.41, 5.74) is 1.00. The van der Waals surface area contributed by atoms with Crippen LogP contribution in [0, 0.1) is 0 Å². The van der Waals surface area contributed by atoms with Crippen LogP contribution in [0.3, 0.4) is 0 Å². The third kappa shape index (κ3) is 3.70. The van der Waals surface area contributed by atoms with Crippen LogP contribution in [0.25, 0.3) is 0 Å². The molecule has 0 aliphatic carbocycles. The summed E-state index contributed by atoms with van der Waals surface area (Å²) in [4.78, 5) is 16.4. The first-order chi connectivity index (χ1) is 9.72. The van der Waals surface area contributed by atoms with Crippen LogP contribution in [-0.4, -0.2) is 22.4 Å². The molecule has 0 amide bonds. The Morgan fingerprint density at radius 3 is 2.65 bits per heavy atom. The zero-order valence-corrected chi connectivity index (χ0v) is 12.0. The van der Waals surface area contributed by atoms with Gasteiger partial charge in [0.2, 0.25) is 0 Å². The summed E-state index contributed by atoms with van der Waals surface area (Å²) < 4.78 is 7.15. The molecule has 0 radical (unpaired) electrons. The van der Waals surface area contributed by atoms with Gasteiger partial charge in [0.25, 0.3) is 0 Å². The van der Waals surface area contributed by atoms with Crippen molar-refractivity contribution in [1.82, 2.24) is 9.55 Å². The van der Waals surface area contributed by atoms with Crippen LogP contribution < -0.4 is 4.74 Å². The van der Waals surface area contributed by atoms with Crippen molar-refractivity contribution in [3.8, 4) is 5.75 Å². The maximum atomic E-state index is 12.1. The smallest absolute Gasteiger partial charge is 0.144 e. The Morgan fingerprint density at radius 1 is 1.25 bits per heavy atom. The highest BCUT2D eigenvalue weighted by atomic mass is 16.5. The van der Waals surface area contributed by atoms with Gasteiger partial charge in [-0.2, -0.15) is 0 Å². The van der Waals surface area contributed by atoms with E-state index in [4.69, 9.17) is 4.74 Å². The van der Waals surface area contributed by atoms with Crippen LogP contribution >= 0.6 is 0 Å². The second kappa shape index (κ2) is 6.89. The van der Waals surface area contributed by atoms with Crippen LogP contribution in [0.1, 0.15) is 24.7 Å². The van der Waals surface area contributed by atoms with Crippen molar-refractivity contribution in [2.24, 2.45) is 0 Å². The number of aryl methyl sites for hydroxylation is 1. The lowest BCUT2D eigenvalue weighted by Gasteiger charge is -2.06. The van der Waals surface area contributed by atoms with Crippen molar-refractivity contribution >= 4 is 5.78 Å². The SMILES string of the molecule is CCCn1ccnc1CC(=O)Cc1ccc(OC)cc1. The molecule has 2 aromatic rings. The molecule has 0 saturated carbocycles. The van der Waals surface area contributed by atoms with Crippen LogP contribution in [0.15, 0.2) is 36.7 Å². The fourth-order valence-electron chi connectivity index (χ4n) is 2.16. The van der Waals surface area contributed by atoms with E-state index < -0.39 is 0 Å². The van der Waals surface area contributed by atoms with Crippen molar-refractivity contribution < 1.29 is 9.53 Å². The molecule has 0 atom stereocenters. The monoisotopic (exact) mass is 272 g/mol. The number of Topliss-reactive ketones (excluding diaryl/α,β-unsaturated/α-hetero) is 1. The molecule has 0 fully saturated rings. The van der Waals surface area contributed by atoms with E-state index in [1.165, 1.54) is 0 Å². The number of methoxy groups -OCH3 is 1. The summed E-state index contributed by atoms with van der Waals surface area (Å²) in [5.74, 6) is 1.84. The van der Waals surface area contributed by atoms with E-state index in [0.717, 1.165) is 30.1 Å². The van der Waals surface area contributed by atoms with Crippen molar-refractivity contribution in [2.75, 3.05) is 7.11 Å². The van der Waals surface area contributed by atoms with Gasteiger partial charge in [-0.3, -0.25) is 4.79 Å². The average molecular weight is 272 g/mol. The maximum absolute atomic E-state index is 12.1. The number of hydrogen-bond donors (Lipinski definition) is 0. The summed E-state index contributed by atoms with van der Waals surface area (Å²) in [5, 5.41) is 0. The van der Waals surface area contributed by atoms with E-state index in [1.807, 2.05) is 35.0 Å². The molecule has 0 spiro atoms. The van der Waals surface area contributed by atoms with E-state index in [2.05, 4.69) is 11.9 Å². The van der Waals surface area contributed by atoms with E-state index in [9.17, 15) is 4.79 Å². The van der Waals surface area contributed by atoms with Gasteiger partial charge >= 0.3 is 0 Å². The number of rotatable bonds is 7. The molecular weight excluding hydrogens is 252 g/mol. The summed E-state index contributed by atoms with van der Waals surface area (Å²) in [6.07, 6.45) is 5.54. The number of carbonyl (C=O) groups is 1. The third-order valence-corrected chi connectivity index (χ3v) is 3.18. The molecule has 4 heteroatoms. The Labute approximate surface area is 119 Å². The minimum atomic E-state index is 0.179. The molecule has 106 valence electrons. The van der Waals surface area contributed by atoms with Gasteiger partial charge in [-0.25, -0.2) is 4.98 Å². The molecular formula is C16H20N2O2. The maximum Gasteiger partial charge on any atom is 0.144 e. The summed E-state index contributed by atoms with van der Waals surface area (Å²) in [6, 6.07) is 7.60. The molecule has 20 heavy (non-hydrogen) atoms. The van der Waals surface area contributed by atoms with E-state index in [0.29, 0.717) is 12.8 Å². The standard InChI is InChI=1S/C16H20N2O2/c1-3-9-18-10-8-17-16(18)12-14(19)11-13-4-6-15(20-2)7-5-13/h4-8,10H,3,9,11-12H2,1-2H3. The van der Waals surface area contributed by atoms with Gasteiger partial charge in [-0.1, -0.05) is 19.1 Å². The molecule has 1 aromatic carbocycles. The number of ketones is 1. The normalized spacial score (nSPS) is 10.5. The van der Waals surface area contributed by atoms with Crippen molar-refractivity contribution in [3.63, 3.8) is 0 Å². The fourth-order valence-corrected chi connectivity index (χ4v) is 2.16. The molecule has 1 heterocycles. The number of carbonyl (C=O) groups excluding carboxylic acids is 1. The molecule has 0 saturated heterocycles. The molecule has 4 nitrogen and oxygen atoms in total. The molecule has 0 aliphatic rings. The number of ether oxygens (including phenoxy) is 1. The first kappa shape index (κ1) is 14.3. The van der Waals surface area contributed by atoms with Crippen LogP contribution in [0.4, 0.5) is 0 Å². The highest BCUT2D eigenvalue weighted by Gasteiger charge is 2.09. The van der Waals surface area contributed by atoms with Gasteiger partial charge in [0, 0.05) is 25.4 Å². The fraction of sp³-hybridized carbons (Fsp3) is 0.375. The molecule has 0 bridgehead atoms. The first-order valence-corrected chi connectivity index (χ1v) is 6.87. The van der Waals surface area contributed by atoms with Gasteiger partial charge in [0.1, 0.15) is 17.4 Å². The largest absolute Gasteiger partial charge is 0.497 e. The Balaban J connectivity index is 1.95. The number of imidazole rings is 1. The topological polar surface area (TPSA) is 44.1 Å².